The summed E-state index contributed by atoms with van der Waals surface area (Å²) in [5.41, 5.74) is 0.562. The predicted octanol–water partition coefficient (Wildman–Crippen LogP) is 2.19. The Bertz CT molecular complexity index is 120. The van der Waals surface area contributed by atoms with Crippen LogP contribution in [0, 0.1) is 5.41 Å². The smallest absolute Gasteiger partial charge is 0.0468 e. The van der Waals surface area contributed by atoms with Crippen LogP contribution >= 0.6 is 0 Å². The molecule has 0 spiro atoms. The summed E-state index contributed by atoms with van der Waals surface area (Å²) in [6.45, 7) is 5.38. The van der Waals surface area contributed by atoms with Gasteiger partial charge >= 0.3 is 0 Å². The quantitative estimate of drug-likeness (QED) is 0.685. The number of rotatable bonds is 6. The summed E-state index contributed by atoms with van der Waals surface area (Å²) in [5, 5.41) is 3.48. The molecule has 0 amide bonds. The number of hydrogen-bond donors (Lipinski definition) is 1. The van der Waals surface area contributed by atoms with Gasteiger partial charge < -0.3 is 10.1 Å². The third-order valence-corrected chi connectivity index (χ3v) is 3.25. The second kappa shape index (κ2) is 5.61. The lowest BCUT2D eigenvalue weighted by atomic mass is 9.83. The summed E-state index contributed by atoms with van der Waals surface area (Å²) in [6.07, 6.45) is 6.84. The van der Waals surface area contributed by atoms with Crippen LogP contribution in [-0.2, 0) is 4.74 Å². The maximum atomic E-state index is 5.18. The molecule has 0 aromatic rings. The molecule has 1 fully saturated rings. The molecule has 78 valence electrons. The van der Waals surface area contributed by atoms with Gasteiger partial charge in [0.15, 0.2) is 0 Å². The van der Waals surface area contributed by atoms with Crippen molar-refractivity contribution in [2.24, 2.45) is 5.41 Å². The number of hydrogen-bond acceptors (Lipinski definition) is 2. The van der Waals surface area contributed by atoms with Gasteiger partial charge in [-0.25, -0.2) is 0 Å². The van der Waals surface area contributed by atoms with E-state index in [0.717, 1.165) is 13.2 Å². The van der Waals surface area contributed by atoms with E-state index in [2.05, 4.69) is 12.2 Å². The van der Waals surface area contributed by atoms with Gasteiger partial charge in [-0.05, 0) is 31.2 Å². The van der Waals surface area contributed by atoms with Crippen molar-refractivity contribution in [1.82, 2.24) is 5.32 Å². The van der Waals surface area contributed by atoms with Gasteiger partial charge in [0.1, 0.15) is 0 Å². The van der Waals surface area contributed by atoms with Gasteiger partial charge in [0.25, 0.3) is 0 Å². The second-order valence-electron chi connectivity index (χ2n) is 4.23. The van der Waals surface area contributed by atoms with Gasteiger partial charge in [-0.3, -0.25) is 0 Å². The number of nitrogens with one attached hydrogen (secondary N) is 1. The maximum Gasteiger partial charge on any atom is 0.0468 e. The van der Waals surface area contributed by atoms with Crippen molar-refractivity contribution in [2.45, 2.75) is 39.0 Å². The van der Waals surface area contributed by atoms with Crippen LogP contribution in [0.4, 0.5) is 0 Å². The molecule has 0 atom stereocenters. The highest BCUT2D eigenvalue weighted by atomic mass is 16.5. The number of methoxy groups -OCH3 is 1. The third-order valence-electron chi connectivity index (χ3n) is 3.25. The molecule has 0 aliphatic heterocycles. The topological polar surface area (TPSA) is 21.3 Å². The normalized spacial score (nSPS) is 20.8. The Morgan fingerprint density at radius 2 is 2.00 bits per heavy atom. The molecule has 1 saturated carbocycles. The average Bonchev–Trinajstić information content (AvgIpc) is 2.61. The summed E-state index contributed by atoms with van der Waals surface area (Å²) < 4.78 is 5.18. The van der Waals surface area contributed by atoms with Crippen LogP contribution in [0.1, 0.15) is 39.0 Å². The minimum Gasteiger partial charge on any atom is -0.385 e. The highest BCUT2D eigenvalue weighted by Crippen LogP contribution is 2.40. The van der Waals surface area contributed by atoms with Crippen molar-refractivity contribution in [3.63, 3.8) is 0 Å². The Morgan fingerprint density at radius 3 is 2.54 bits per heavy atom. The van der Waals surface area contributed by atoms with Crippen LogP contribution in [0.3, 0.4) is 0 Å². The van der Waals surface area contributed by atoms with Gasteiger partial charge in [-0.1, -0.05) is 19.8 Å². The molecule has 13 heavy (non-hydrogen) atoms. The molecule has 0 bridgehead atoms. The second-order valence-corrected chi connectivity index (χ2v) is 4.23. The SMILES string of the molecule is CCNCC1(CCOC)CCCC1. The fourth-order valence-electron chi connectivity index (χ4n) is 2.35. The summed E-state index contributed by atoms with van der Waals surface area (Å²) in [4.78, 5) is 0. The van der Waals surface area contributed by atoms with E-state index in [1.165, 1.54) is 38.6 Å². The molecular weight excluding hydrogens is 162 g/mol. The summed E-state index contributed by atoms with van der Waals surface area (Å²) in [7, 11) is 1.80. The van der Waals surface area contributed by atoms with Crippen molar-refractivity contribution in [3.05, 3.63) is 0 Å². The Morgan fingerprint density at radius 1 is 1.31 bits per heavy atom. The van der Waals surface area contributed by atoms with Gasteiger partial charge in [-0.2, -0.15) is 0 Å². The molecule has 1 aliphatic carbocycles. The molecule has 2 heteroatoms. The van der Waals surface area contributed by atoms with Crippen LogP contribution in [0.25, 0.3) is 0 Å². The van der Waals surface area contributed by atoms with Crippen molar-refractivity contribution in [2.75, 3.05) is 26.8 Å². The average molecular weight is 185 g/mol. The van der Waals surface area contributed by atoms with Gasteiger partial charge in [-0.15, -0.1) is 0 Å². The largest absolute Gasteiger partial charge is 0.385 e. The lowest BCUT2D eigenvalue weighted by Gasteiger charge is -2.28. The summed E-state index contributed by atoms with van der Waals surface area (Å²) >= 11 is 0. The van der Waals surface area contributed by atoms with Crippen LogP contribution < -0.4 is 5.32 Å². The van der Waals surface area contributed by atoms with Crippen molar-refractivity contribution in [1.29, 1.82) is 0 Å². The van der Waals surface area contributed by atoms with Crippen molar-refractivity contribution >= 4 is 0 Å². The molecule has 0 aromatic heterocycles. The van der Waals surface area contributed by atoms with Gasteiger partial charge in [0, 0.05) is 20.3 Å². The summed E-state index contributed by atoms with van der Waals surface area (Å²) in [6, 6.07) is 0. The summed E-state index contributed by atoms with van der Waals surface area (Å²) in [5.74, 6) is 0. The zero-order valence-corrected chi connectivity index (χ0v) is 9.07. The first-order chi connectivity index (χ1) is 6.33. The Hall–Kier alpha value is -0.0800. The van der Waals surface area contributed by atoms with E-state index in [9.17, 15) is 0 Å². The van der Waals surface area contributed by atoms with E-state index < -0.39 is 0 Å². The van der Waals surface area contributed by atoms with Crippen molar-refractivity contribution in [3.8, 4) is 0 Å². The molecule has 0 radical (unpaired) electrons. The van der Waals surface area contributed by atoms with Crippen LogP contribution in [0.15, 0.2) is 0 Å². The third kappa shape index (κ3) is 3.28. The lowest BCUT2D eigenvalue weighted by Crippen LogP contribution is -2.33. The molecule has 0 aromatic carbocycles. The Labute approximate surface area is 82.0 Å². The van der Waals surface area contributed by atoms with E-state index >= 15 is 0 Å². The van der Waals surface area contributed by atoms with E-state index in [1.807, 2.05) is 0 Å². The van der Waals surface area contributed by atoms with Gasteiger partial charge in [0.2, 0.25) is 0 Å². The minimum atomic E-state index is 0.562. The van der Waals surface area contributed by atoms with Gasteiger partial charge in [0.05, 0.1) is 0 Å². The molecule has 1 aliphatic rings. The first kappa shape index (κ1) is 11.0. The van der Waals surface area contributed by atoms with Crippen LogP contribution in [0.2, 0.25) is 0 Å². The van der Waals surface area contributed by atoms with E-state index in [4.69, 9.17) is 4.74 Å². The minimum absolute atomic E-state index is 0.562. The number of ether oxygens (including phenoxy) is 1. The van der Waals surface area contributed by atoms with Crippen LogP contribution in [-0.4, -0.2) is 26.8 Å². The maximum absolute atomic E-state index is 5.18. The highest BCUT2D eigenvalue weighted by molar-refractivity contribution is 4.86. The Balaban J connectivity index is 2.33. The standard InChI is InChI=1S/C11H23NO/c1-3-12-10-11(8-9-13-2)6-4-5-7-11/h12H,3-10H2,1-2H3. The lowest BCUT2D eigenvalue weighted by molar-refractivity contribution is 0.135. The molecule has 2 nitrogen and oxygen atoms in total. The first-order valence-electron chi connectivity index (χ1n) is 5.53. The first-order valence-corrected chi connectivity index (χ1v) is 5.53. The van der Waals surface area contributed by atoms with E-state index in [-0.39, 0.29) is 0 Å². The molecule has 0 heterocycles. The van der Waals surface area contributed by atoms with Crippen LogP contribution in [0.5, 0.6) is 0 Å². The van der Waals surface area contributed by atoms with E-state index in [0.29, 0.717) is 5.41 Å². The highest BCUT2D eigenvalue weighted by Gasteiger charge is 2.32. The zero-order valence-electron chi connectivity index (χ0n) is 9.07. The zero-order chi connectivity index (χ0) is 9.57. The fraction of sp³-hybridized carbons (Fsp3) is 1.00. The van der Waals surface area contributed by atoms with E-state index in [1.54, 1.807) is 7.11 Å². The van der Waals surface area contributed by atoms with Crippen molar-refractivity contribution < 1.29 is 4.74 Å². The molecular formula is C11H23NO. The predicted molar refractivity (Wildman–Crippen MR) is 55.9 cm³/mol. The molecule has 1 N–H and O–H groups in total. The molecule has 0 saturated heterocycles. The molecule has 0 unspecified atom stereocenters. The monoisotopic (exact) mass is 185 g/mol. The molecule has 1 rings (SSSR count). The Kier molecular flexibility index (Phi) is 4.74. The fourth-order valence-corrected chi connectivity index (χ4v) is 2.35.